The average Bonchev–Trinajstić information content (AvgIpc) is 2.75. The van der Waals surface area contributed by atoms with Crippen LogP contribution >= 0.6 is 0 Å². The van der Waals surface area contributed by atoms with Gasteiger partial charge in [0.15, 0.2) is 0 Å². The topological polar surface area (TPSA) is 73.9 Å². The fraction of sp³-hybridized carbons (Fsp3) is 0.500. The summed E-state index contributed by atoms with van der Waals surface area (Å²) in [7, 11) is 0. The molecule has 0 saturated carbocycles. The van der Waals surface area contributed by atoms with Gasteiger partial charge in [0, 0.05) is 12.1 Å². The molecule has 112 valence electrons. The molecule has 5 heteroatoms. The van der Waals surface area contributed by atoms with Gasteiger partial charge in [-0.3, -0.25) is 0 Å². The number of nitrogens with zero attached hydrogens (tertiary/aromatic N) is 3. The summed E-state index contributed by atoms with van der Waals surface area (Å²) in [5, 5.41) is 22.5. The lowest BCUT2D eigenvalue weighted by molar-refractivity contribution is 0.142. The molecule has 2 N–H and O–H groups in total. The molecule has 1 aromatic heterocycles. The zero-order valence-electron chi connectivity index (χ0n) is 12.8. The summed E-state index contributed by atoms with van der Waals surface area (Å²) < 4.78 is 1.94. The lowest BCUT2D eigenvalue weighted by atomic mass is 10.1. The largest absolute Gasteiger partial charge is 0.390 e. The summed E-state index contributed by atoms with van der Waals surface area (Å²) in [5.74, 6) is 0.702. The Bertz CT molecular complexity index is 648. The molecule has 1 atom stereocenters. The highest BCUT2D eigenvalue weighted by Gasteiger charge is 2.16. The highest BCUT2D eigenvalue weighted by atomic mass is 16.3. The molecule has 0 bridgehead atoms. The average molecular weight is 286 g/mol. The van der Waals surface area contributed by atoms with Crippen molar-refractivity contribution in [2.75, 3.05) is 6.54 Å². The quantitative estimate of drug-likeness (QED) is 0.879. The number of rotatable bonds is 5. The Balaban J connectivity index is 2.20. The Morgan fingerprint density at radius 3 is 2.76 bits per heavy atom. The standard InChI is InChI=1S/C16H22N4O/c1-16(2,3)18-10-12(21)11-20-14-7-5-4-6-13(14)19-15(20)8-9-17/h4-7,12,18,21H,8,10-11H2,1-3H3. The number of aromatic nitrogens is 2. The predicted octanol–water partition coefficient (Wildman–Crippen LogP) is 1.85. The molecule has 0 saturated heterocycles. The van der Waals surface area contributed by atoms with Gasteiger partial charge in [-0.15, -0.1) is 0 Å². The van der Waals surface area contributed by atoms with Crippen molar-refractivity contribution in [2.24, 2.45) is 0 Å². The Morgan fingerprint density at radius 1 is 1.38 bits per heavy atom. The molecule has 0 amide bonds. The molecule has 5 nitrogen and oxygen atoms in total. The van der Waals surface area contributed by atoms with Crippen LogP contribution < -0.4 is 5.32 Å². The Kier molecular flexibility index (Phi) is 4.61. The second kappa shape index (κ2) is 6.25. The molecular weight excluding hydrogens is 264 g/mol. The van der Waals surface area contributed by atoms with Gasteiger partial charge in [0.25, 0.3) is 0 Å². The van der Waals surface area contributed by atoms with Gasteiger partial charge >= 0.3 is 0 Å². The predicted molar refractivity (Wildman–Crippen MR) is 82.8 cm³/mol. The highest BCUT2D eigenvalue weighted by Crippen LogP contribution is 2.17. The van der Waals surface area contributed by atoms with Crippen LogP contribution in [0.3, 0.4) is 0 Å². The Labute approximate surface area is 125 Å². The highest BCUT2D eigenvalue weighted by molar-refractivity contribution is 5.76. The Morgan fingerprint density at radius 2 is 2.10 bits per heavy atom. The minimum atomic E-state index is -0.528. The first-order valence-corrected chi connectivity index (χ1v) is 7.15. The van der Waals surface area contributed by atoms with Crippen molar-refractivity contribution < 1.29 is 5.11 Å². The molecule has 1 unspecified atom stereocenters. The van der Waals surface area contributed by atoms with Crippen LogP contribution in [0.25, 0.3) is 11.0 Å². The van der Waals surface area contributed by atoms with Gasteiger partial charge in [0.1, 0.15) is 5.82 Å². The smallest absolute Gasteiger partial charge is 0.124 e. The van der Waals surface area contributed by atoms with Crippen LogP contribution in [-0.2, 0) is 13.0 Å². The number of β-amino-alcohol motifs (C(OH)–C–C–N with tert-alkyl or cyclic N) is 1. The third kappa shape index (κ3) is 4.03. The van der Waals surface area contributed by atoms with E-state index in [9.17, 15) is 5.11 Å². The molecule has 0 radical (unpaired) electrons. The number of benzene rings is 1. The molecule has 0 spiro atoms. The molecule has 0 fully saturated rings. The lowest BCUT2D eigenvalue weighted by Gasteiger charge is -2.23. The number of aliphatic hydroxyl groups is 1. The molecule has 0 aliphatic rings. The van der Waals surface area contributed by atoms with E-state index < -0.39 is 6.10 Å². The van der Waals surface area contributed by atoms with E-state index in [1.165, 1.54) is 0 Å². The van der Waals surface area contributed by atoms with E-state index in [2.05, 4.69) is 37.1 Å². The second-order valence-corrected chi connectivity index (χ2v) is 6.25. The van der Waals surface area contributed by atoms with E-state index in [1.807, 2.05) is 28.8 Å². The van der Waals surface area contributed by atoms with E-state index in [-0.39, 0.29) is 12.0 Å². The summed E-state index contributed by atoms with van der Waals surface area (Å²) in [6.45, 7) is 7.12. The van der Waals surface area contributed by atoms with Crippen molar-refractivity contribution in [2.45, 2.75) is 45.4 Å². The van der Waals surface area contributed by atoms with Crippen LogP contribution in [0.4, 0.5) is 0 Å². The maximum Gasteiger partial charge on any atom is 0.124 e. The number of hydrogen-bond donors (Lipinski definition) is 2. The van der Waals surface area contributed by atoms with E-state index in [4.69, 9.17) is 5.26 Å². The SMILES string of the molecule is CC(C)(C)NCC(O)Cn1c(CC#N)nc2ccccc21. The molecule has 0 aliphatic heterocycles. The number of nitriles is 1. The second-order valence-electron chi connectivity index (χ2n) is 6.25. The van der Waals surface area contributed by atoms with Crippen LogP contribution in [0.2, 0.25) is 0 Å². The third-order valence-corrected chi connectivity index (χ3v) is 3.23. The Hall–Kier alpha value is -1.90. The van der Waals surface area contributed by atoms with Gasteiger partial charge in [0.05, 0.1) is 36.2 Å². The summed E-state index contributed by atoms with van der Waals surface area (Å²) in [5.41, 5.74) is 1.78. The van der Waals surface area contributed by atoms with Gasteiger partial charge in [-0.05, 0) is 32.9 Å². The summed E-state index contributed by atoms with van der Waals surface area (Å²) in [4.78, 5) is 4.47. The van der Waals surface area contributed by atoms with E-state index in [0.29, 0.717) is 18.9 Å². The van der Waals surface area contributed by atoms with Crippen LogP contribution in [0.15, 0.2) is 24.3 Å². The molecule has 2 aromatic rings. The first-order valence-electron chi connectivity index (χ1n) is 7.15. The summed E-state index contributed by atoms with van der Waals surface area (Å²) in [6, 6.07) is 9.89. The first kappa shape index (κ1) is 15.5. The number of hydrogen-bond acceptors (Lipinski definition) is 4. The molecule has 1 aromatic carbocycles. The summed E-state index contributed by atoms with van der Waals surface area (Å²) in [6.07, 6.45) is -0.284. The van der Waals surface area contributed by atoms with Gasteiger partial charge in [-0.25, -0.2) is 4.98 Å². The number of fused-ring (bicyclic) bond motifs is 1. The fourth-order valence-corrected chi connectivity index (χ4v) is 2.23. The van der Waals surface area contributed by atoms with Gasteiger partial charge in [-0.1, -0.05) is 12.1 Å². The number of imidazole rings is 1. The molecule has 0 aliphatic carbocycles. The monoisotopic (exact) mass is 286 g/mol. The van der Waals surface area contributed by atoms with Crippen LogP contribution in [0, 0.1) is 11.3 Å². The van der Waals surface area contributed by atoms with Crippen molar-refractivity contribution in [3.05, 3.63) is 30.1 Å². The number of para-hydroxylation sites is 2. The fourth-order valence-electron chi connectivity index (χ4n) is 2.23. The zero-order valence-corrected chi connectivity index (χ0v) is 12.8. The van der Waals surface area contributed by atoms with Crippen molar-refractivity contribution in [3.63, 3.8) is 0 Å². The maximum absolute atomic E-state index is 10.2. The lowest BCUT2D eigenvalue weighted by Crippen LogP contribution is -2.42. The van der Waals surface area contributed by atoms with E-state index in [1.54, 1.807) is 0 Å². The first-order chi connectivity index (χ1) is 9.90. The number of aliphatic hydroxyl groups excluding tert-OH is 1. The normalized spacial score (nSPS) is 13.3. The van der Waals surface area contributed by atoms with Crippen molar-refractivity contribution in [1.29, 1.82) is 5.26 Å². The van der Waals surface area contributed by atoms with E-state index >= 15 is 0 Å². The van der Waals surface area contributed by atoms with Crippen LogP contribution in [0.5, 0.6) is 0 Å². The van der Waals surface area contributed by atoms with Gasteiger partial charge in [-0.2, -0.15) is 5.26 Å². The minimum Gasteiger partial charge on any atom is -0.390 e. The van der Waals surface area contributed by atoms with Gasteiger partial charge in [0.2, 0.25) is 0 Å². The zero-order chi connectivity index (χ0) is 15.5. The third-order valence-electron chi connectivity index (χ3n) is 3.23. The molecular formula is C16H22N4O. The summed E-state index contributed by atoms with van der Waals surface area (Å²) >= 11 is 0. The van der Waals surface area contributed by atoms with Crippen LogP contribution in [-0.4, -0.2) is 32.8 Å². The number of nitrogens with one attached hydrogen (secondary N) is 1. The van der Waals surface area contributed by atoms with Crippen molar-refractivity contribution in [3.8, 4) is 6.07 Å². The maximum atomic E-state index is 10.2. The minimum absolute atomic E-state index is 0.0343. The van der Waals surface area contributed by atoms with Crippen molar-refractivity contribution in [1.82, 2.24) is 14.9 Å². The van der Waals surface area contributed by atoms with E-state index in [0.717, 1.165) is 11.0 Å². The molecule has 2 rings (SSSR count). The molecule has 1 heterocycles. The molecule has 21 heavy (non-hydrogen) atoms. The van der Waals surface area contributed by atoms with Crippen LogP contribution in [0.1, 0.15) is 26.6 Å². The van der Waals surface area contributed by atoms with Crippen molar-refractivity contribution >= 4 is 11.0 Å². The van der Waals surface area contributed by atoms with Gasteiger partial charge < -0.3 is 15.0 Å².